The molecule has 0 fully saturated rings. The van der Waals surface area contributed by atoms with Gasteiger partial charge in [-0.05, 0) is 42.3 Å². The minimum absolute atomic E-state index is 0.172. The molecule has 0 aliphatic carbocycles. The summed E-state index contributed by atoms with van der Waals surface area (Å²) in [6.07, 6.45) is 0.656. The van der Waals surface area contributed by atoms with Gasteiger partial charge in [0.25, 0.3) is 5.91 Å². The summed E-state index contributed by atoms with van der Waals surface area (Å²) in [5, 5.41) is 2.64. The lowest BCUT2D eigenvalue weighted by Crippen LogP contribution is -2.29. The van der Waals surface area contributed by atoms with Crippen molar-refractivity contribution < 1.29 is 14.0 Å². The average molecular weight is 298 g/mol. The number of anilines is 2. The summed E-state index contributed by atoms with van der Waals surface area (Å²) in [5.74, 6) is -0.786. The summed E-state index contributed by atoms with van der Waals surface area (Å²) < 4.78 is 14.0. The molecular formula is C17H15FN2O2. The summed E-state index contributed by atoms with van der Waals surface area (Å²) in [7, 11) is 0. The Kier molecular flexibility index (Phi) is 3.63. The second-order valence-electron chi connectivity index (χ2n) is 5.21. The number of fused-ring (bicyclic) bond motifs is 1. The number of halogens is 1. The van der Waals surface area contributed by atoms with Crippen molar-refractivity contribution in [3.63, 3.8) is 0 Å². The van der Waals surface area contributed by atoms with Gasteiger partial charge in [0.2, 0.25) is 5.91 Å². The lowest BCUT2D eigenvalue weighted by molar-refractivity contribution is -0.114. The normalized spacial score (nSPS) is 12.9. The van der Waals surface area contributed by atoms with Gasteiger partial charge < -0.3 is 10.2 Å². The van der Waals surface area contributed by atoms with Crippen LogP contribution in [0, 0.1) is 5.82 Å². The predicted octanol–water partition coefficient (Wildman–Crippen LogP) is 2.99. The number of hydrogen-bond donors (Lipinski definition) is 1. The van der Waals surface area contributed by atoms with Crippen molar-refractivity contribution in [1.82, 2.24) is 0 Å². The van der Waals surface area contributed by atoms with E-state index in [0.29, 0.717) is 29.9 Å². The van der Waals surface area contributed by atoms with Crippen LogP contribution in [0.1, 0.15) is 22.8 Å². The van der Waals surface area contributed by atoms with Crippen LogP contribution >= 0.6 is 0 Å². The van der Waals surface area contributed by atoms with Gasteiger partial charge in [-0.25, -0.2) is 4.39 Å². The van der Waals surface area contributed by atoms with Crippen molar-refractivity contribution in [2.45, 2.75) is 13.3 Å². The number of hydrogen-bond acceptors (Lipinski definition) is 2. The van der Waals surface area contributed by atoms with Crippen LogP contribution in [-0.4, -0.2) is 18.4 Å². The Bertz CT molecular complexity index is 741. The molecule has 1 aliphatic rings. The fraction of sp³-hybridized carbons (Fsp3) is 0.176. The maximum atomic E-state index is 14.0. The van der Waals surface area contributed by atoms with Gasteiger partial charge in [0, 0.05) is 24.7 Å². The summed E-state index contributed by atoms with van der Waals surface area (Å²) in [6.45, 7) is 1.89. The standard InChI is InChI=1S/C17H15FN2O2/c1-11(21)19-14-7-5-13(6-8-14)17(22)20-10-9-12-3-2-4-15(18)16(12)20/h2-8H,9-10H2,1H3,(H,19,21). The van der Waals surface area contributed by atoms with Crippen LogP contribution in [0.3, 0.4) is 0 Å². The zero-order valence-electron chi connectivity index (χ0n) is 12.1. The number of carbonyl (C=O) groups is 2. The molecule has 2 aromatic rings. The van der Waals surface area contributed by atoms with Gasteiger partial charge in [-0.1, -0.05) is 12.1 Å². The Morgan fingerprint density at radius 3 is 2.55 bits per heavy atom. The van der Waals surface area contributed by atoms with Gasteiger partial charge in [0.05, 0.1) is 5.69 Å². The Hall–Kier alpha value is -2.69. The maximum Gasteiger partial charge on any atom is 0.258 e. The molecule has 0 aromatic heterocycles. The lowest BCUT2D eigenvalue weighted by Gasteiger charge is -2.18. The van der Waals surface area contributed by atoms with E-state index in [-0.39, 0.29) is 17.6 Å². The van der Waals surface area contributed by atoms with E-state index >= 15 is 0 Å². The summed E-state index contributed by atoms with van der Waals surface area (Å²) >= 11 is 0. The molecule has 2 aromatic carbocycles. The second-order valence-corrected chi connectivity index (χ2v) is 5.21. The molecule has 1 N–H and O–H groups in total. The van der Waals surface area contributed by atoms with Crippen molar-refractivity contribution in [3.8, 4) is 0 Å². The van der Waals surface area contributed by atoms with Crippen LogP contribution in [0.2, 0.25) is 0 Å². The molecule has 0 saturated heterocycles. The highest BCUT2D eigenvalue weighted by Crippen LogP contribution is 2.31. The monoisotopic (exact) mass is 298 g/mol. The molecule has 0 unspecified atom stereocenters. The number of nitrogens with one attached hydrogen (secondary N) is 1. The highest BCUT2D eigenvalue weighted by atomic mass is 19.1. The van der Waals surface area contributed by atoms with Crippen molar-refractivity contribution in [2.75, 3.05) is 16.8 Å². The maximum absolute atomic E-state index is 14.0. The van der Waals surface area contributed by atoms with Crippen LogP contribution in [0.5, 0.6) is 0 Å². The molecule has 1 aliphatic heterocycles. The Morgan fingerprint density at radius 1 is 1.14 bits per heavy atom. The van der Waals surface area contributed by atoms with Crippen molar-refractivity contribution in [3.05, 3.63) is 59.4 Å². The predicted molar refractivity (Wildman–Crippen MR) is 82.5 cm³/mol. The Morgan fingerprint density at radius 2 is 1.86 bits per heavy atom. The van der Waals surface area contributed by atoms with Crippen molar-refractivity contribution >= 4 is 23.2 Å². The van der Waals surface area contributed by atoms with Gasteiger partial charge in [-0.2, -0.15) is 0 Å². The first-order valence-corrected chi connectivity index (χ1v) is 7.03. The quantitative estimate of drug-likeness (QED) is 0.926. The number of amides is 2. The first-order chi connectivity index (χ1) is 10.6. The van der Waals surface area contributed by atoms with E-state index in [0.717, 1.165) is 5.56 Å². The van der Waals surface area contributed by atoms with Crippen LogP contribution < -0.4 is 10.2 Å². The number of rotatable bonds is 2. The lowest BCUT2D eigenvalue weighted by atomic mass is 10.1. The van der Waals surface area contributed by atoms with E-state index < -0.39 is 0 Å². The van der Waals surface area contributed by atoms with Crippen LogP contribution in [0.4, 0.5) is 15.8 Å². The van der Waals surface area contributed by atoms with E-state index in [1.165, 1.54) is 17.9 Å². The average Bonchev–Trinajstić information content (AvgIpc) is 2.92. The van der Waals surface area contributed by atoms with Crippen molar-refractivity contribution in [1.29, 1.82) is 0 Å². The molecule has 0 atom stereocenters. The molecule has 5 heteroatoms. The third-order valence-corrected chi connectivity index (χ3v) is 3.64. The molecule has 2 amide bonds. The molecule has 1 heterocycles. The van der Waals surface area contributed by atoms with Crippen molar-refractivity contribution in [2.24, 2.45) is 0 Å². The van der Waals surface area contributed by atoms with E-state index in [1.807, 2.05) is 6.07 Å². The molecule has 0 radical (unpaired) electrons. The van der Waals surface area contributed by atoms with Gasteiger partial charge in [-0.15, -0.1) is 0 Å². The fourth-order valence-electron chi connectivity index (χ4n) is 2.67. The second kappa shape index (κ2) is 5.60. The summed E-state index contributed by atoms with van der Waals surface area (Å²) in [6, 6.07) is 11.4. The Labute approximate surface area is 127 Å². The van der Waals surface area contributed by atoms with E-state index in [4.69, 9.17) is 0 Å². The van der Waals surface area contributed by atoms with Crippen LogP contribution in [0.15, 0.2) is 42.5 Å². The van der Waals surface area contributed by atoms with E-state index in [2.05, 4.69) is 5.32 Å². The van der Waals surface area contributed by atoms with Gasteiger partial charge in [0.15, 0.2) is 0 Å². The molecule has 22 heavy (non-hydrogen) atoms. The number of benzene rings is 2. The number of para-hydroxylation sites is 1. The topological polar surface area (TPSA) is 49.4 Å². The molecule has 3 rings (SSSR count). The molecule has 0 saturated carbocycles. The minimum Gasteiger partial charge on any atom is -0.326 e. The molecule has 0 bridgehead atoms. The first kappa shape index (κ1) is 14.3. The van der Waals surface area contributed by atoms with E-state index in [1.54, 1.807) is 30.3 Å². The van der Waals surface area contributed by atoms with Gasteiger partial charge in [0.1, 0.15) is 5.82 Å². The number of nitrogens with zero attached hydrogens (tertiary/aromatic N) is 1. The zero-order chi connectivity index (χ0) is 15.7. The van der Waals surface area contributed by atoms with Crippen LogP contribution in [-0.2, 0) is 11.2 Å². The third kappa shape index (κ3) is 2.57. The fourth-order valence-corrected chi connectivity index (χ4v) is 2.67. The van der Waals surface area contributed by atoms with E-state index in [9.17, 15) is 14.0 Å². The smallest absolute Gasteiger partial charge is 0.258 e. The summed E-state index contributed by atoms with van der Waals surface area (Å²) in [5.41, 5.74) is 2.31. The third-order valence-electron chi connectivity index (χ3n) is 3.64. The Balaban J connectivity index is 1.86. The largest absolute Gasteiger partial charge is 0.326 e. The molecule has 4 nitrogen and oxygen atoms in total. The molecule has 0 spiro atoms. The van der Waals surface area contributed by atoms with Gasteiger partial charge >= 0.3 is 0 Å². The highest BCUT2D eigenvalue weighted by Gasteiger charge is 2.28. The molecular weight excluding hydrogens is 283 g/mol. The van der Waals surface area contributed by atoms with Gasteiger partial charge in [-0.3, -0.25) is 9.59 Å². The first-order valence-electron chi connectivity index (χ1n) is 7.03. The number of carbonyl (C=O) groups excluding carboxylic acids is 2. The molecule has 112 valence electrons. The zero-order valence-corrected chi connectivity index (χ0v) is 12.1. The SMILES string of the molecule is CC(=O)Nc1ccc(C(=O)N2CCc3cccc(F)c32)cc1. The summed E-state index contributed by atoms with van der Waals surface area (Å²) in [4.78, 5) is 25.0. The van der Waals surface area contributed by atoms with Crippen LogP contribution in [0.25, 0.3) is 0 Å². The highest BCUT2D eigenvalue weighted by molar-refractivity contribution is 6.07. The minimum atomic E-state index is -0.377.